The Kier molecular flexibility index (Phi) is 8.61. The van der Waals surface area contributed by atoms with Crippen molar-refractivity contribution in [2.45, 2.75) is 56.9 Å². The van der Waals surface area contributed by atoms with E-state index in [9.17, 15) is 35.6 Å². The SMILES string of the molecule is CC(C)C[C@H](NC(=O)c1ccc(F)cc1)C(=O)Nc1ccc(S(=O)(=O)NC(C)(C)C(F)(F)F)nc1. The number of benzene rings is 1. The number of hydrogen-bond acceptors (Lipinski definition) is 5. The average Bonchev–Trinajstić information content (AvgIpc) is 2.72. The summed E-state index contributed by atoms with van der Waals surface area (Å²) in [6.45, 7) is 5.02. The number of halogens is 4. The minimum Gasteiger partial charge on any atom is -0.340 e. The molecule has 0 aliphatic carbocycles. The highest BCUT2D eigenvalue weighted by Gasteiger charge is 2.50. The van der Waals surface area contributed by atoms with Gasteiger partial charge < -0.3 is 10.6 Å². The van der Waals surface area contributed by atoms with Crippen molar-refractivity contribution in [3.63, 3.8) is 0 Å². The number of nitrogens with zero attached hydrogens (tertiary/aromatic N) is 1. The molecule has 1 atom stereocenters. The lowest BCUT2D eigenvalue weighted by Gasteiger charge is -2.28. The molecule has 13 heteroatoms. The van der Waals surface area contributed by atoms with Crippen LogP contribution >= 0.6 is 0 Å². The number of pyridine rings is 1. The first-order valence-corrected chi connectivity index (χ1v) is 11.9. The molecule has 1 heterocycles. The highest BCUT2D eigenvalue weighted by molar-refractivity contribution is 7.89. The van der Waals surface area contributed by atoms with Gasteiger partial charge in [0, 0.05) is 5.56 Å². The molecule has 0 saturated heterocycles. The van der Waals surface area contributed by atoms with E-state index in [4.69, 9.17) is 0 Å². The van der Waals surface area contributed by atoms with Crippen LogP contribution in [0.15, 0.2) is 47.6 Å². The first kappa shape index (κ1) is 28.2. The van der Waals surface area contributed by atoms with Crippen LogP contribution in [-0.4, -0.2) is 43.0 Å². The largest absolute Gasteiger partial charge is 0.407 e. The van der Waals surface area contributed by atoms with Gasteiger partial charge in [-0.15, -0.1) is 0 Å². The summed E-state index contributed by atoms with van der Waals surface area (Å²) < 4.78 is 78.3. The number of alkyl halides is 3. The van der Waals surface area contributed by atoms with Gasteiger partial charge >= 0.3 is 6.18 Å². The van der Waals surface area contributed by atoms with Crippen molar-refractivity contribution in [2.24, 2.45) is 5.92 Å². The fraction of sp³-hybridized carbons (Fsp3) is 0.409. The van der Waals surface area contributed by atoms with Gasteiger partial charge in [0.25, 0.3) is 15.9 Å². The number of rotatable bonds is 9. The summed E-state index contributed by atoms with van der Waals surface area (Å²) in [5.41, 5.74) is -2.51. The summed E-state index contributed by atoms with van der Waals surface area (Å²) >= 11 is 0. The molecular formula is C22H26F4N4O4S. The molecule has 0 saturated carbocycles. The number of nitrogens with one attached hydrogen (secondary N) is 3. The van der Waals surface area contributed by atoms with E-state index in [0.717, 1.165) is 30.5 Å². The zero-order valence-corrected chi connectivity index (χ0v) is 20.2. The molecule has 3 N–H and O–H groups in total. The molecule has 0 aliphatic rings. The topological polar surface area (TPSA) is 117 Å². The third-order valence-electron chi connectivity index (χ3n) is 4.81. The van der Waals surface area contributed by atoms with Gasteiger partial charge in [0.15, 0.2) is 5.03 Å². The summed E-state index contributed by atoms with van der Waals surface area (Å²) in [6, 6.07) is 5.88. The number of carbonyl (C=O) groups is 2. The van der Waals surface area contributed by atoms with E-state index in [2.05, 4.69) is 15.6 Å². The molecule has 0 radical (unpaired) electrons. The fourth-order valence-corrected chi connectivity index (χ4v) is 4.17. The second kappa shape index (κ2) is 10.7. The highest BCUT2D eigenvalue weighted by atomic mass is 32.2. The van der Waals surface area contributed by atoms with E-state index in [1.807, 2.05) is 13.8 Å². The van der Waals surface area contributed by atoms with Crippen LogP contribution in [0.25, 0.3) is 0 Å². The maximum Gasteiger partial charge on any atom is 0.407 e. The number of anilines is 1. The molecule has 1 aromatic heterocycles. The van der Waals surface area contributed by atoms with Crippen molar-refractivity contribution >= 4 is 27.5 Å². The summed E-state index contributed by atoms with van der Waals surface area (Å²) in [5, 5.41) is 4.40. The second-order valence-electron chi connectivity index (χ2n) is 8.77. The van der Waals surface area contributed by atoms with Gasteiger partial charge in [-0.05, 0) is 62.6 Å². The number of sulfonamides is 1. The van der Waals surface area contributed by atoms with E-state index in [0.29, 0.717) is 13.8 Å². The van der Waals surface area contributed by atoms with Gasteiger partial charge in [0.2, 0.25) is 5.91 Å². The Balaban J connectivity index is 2.14. The molecule has 0 unspecified atom stereocenters. The third-order valence-corrected chi connectivity index (χ3v) is 6.38. The normalized spacial score (nSPS) is 13.4. The van der Waals surface area contributed by atoms with Crippen LogP contribution in [0.1, 0.15) is 44.5 Å². The molecule has 8 nitrogen and oxygen atoms in total. The van der Waals surface area contributed by atoms with Crippen LogP contribution in [0.3, 0.4) is 0 Å². The van der Waals surface area contributed by atoms with E-state index < -0.39 is 50.4 Å². The predicted octanol–water partition coefficient (Wildman–Crippen LogP) is 3.62. The average molecular weight is 519 g/mol. The van der Waals surface area contributed by atoms with E-state index in [-0.39, 0.29) is 23.6 Å². The molecule has 192 valence electrons. The molecule has 0 spiro atoms. The van der Waals surface area contributed by atoms with Gasteiger partial charge in [-0.3, -0.25) is 9.59 Å². The summed E-state index contributed by atoms with van der Waals surface area (Å²) in [7, 11) is -4.61. The number of carbonyl (C=O) groups excluding carboxylic acids is 2. The molecule has 0 fully saturated rings. The zero-order valence-electron chi connectivity index (χ0n) is 19.4. The van der Waals surface area contributed by atoms with E-state index in [1.54, 1.807) is 4.72 Å². The van der Waals surface area contributed by atoms with Crippen molar-refractivity contribution in [1.29, 1.82) is 0 Å². The highest BCUT2D eigenvalue weighted by Crippen LogP contribution is 2.31. The quantitative estimate of drug-likeness (QED) is 0.439. The Morgan fingerprint density at radius 3 is 2.11 bits per heavy atom. The zero-order chi connectivity index (χ0) is 26.6. The van der Waals surface area contributed by atoms with Crippen LogP contribution in [0.2, 0.25) is 0 Å². The van der Waals surface area contributed by atoms with Crippen molar-refractivity contribution in [2.75, 3.05) is 5.32 Å². The van der Waals surface area contributed by atoms with Crippen molar-refractivity contribution in [3.8, 4) is 0 Å². The lowest BCUT2D eigenvalue weighted by atomic mass is 10.0. The smallest absolute Gasteiger partial charge is 0.340 e. The minimum absolute atomic E-state index is 0.00738. The van der Waals surface area contributed by atoms with E-state index in [1.165, 1.54) is 12.1 Å². The lowest BCUT2D eigenvalue weighted by molar-refractivity contribution is -0.180. The summed E-state index contributed by atoms with van der Waals surface area (Å²) in [5.74, 6) is -1.73. The standard InChI is InChI=1S/C22H26F4N4O4S/c1-13(2)11-17(29-19(31)14-5-7-15(23)8-6-14)20(32)28-16-9-10-18(27-12-16)35(33,34)30-21(3,4)22(24,25)26/h5-10,12-13,17,30H,11H2,1-4H3,(H,28,32)(H,29,31)/t17-/m0/s1. The van der Waals surface area contributed by atoms with Gasteiger partial charge in [0.05, 0.1) is 11.9 Å². The molecule has 0 aliphatic heterocycles. The second-order valence-corrected chi connectivity index (χ2v) is 10.4. The number of hydrogen-bond donors (Lipinski definition) is 3. The third kappa shape index (κ3) is 7.72. The molecule has 35 heavy (non-hydrogen) atoms. The molecule has 0 bridgehead atoms. The molecule has 1 aromatic carbocycles. The van der Waals surface area contributed by atoms with Crippen molar-refractivity contribution < 1.29 is 35.6 Å². The van der Waals surface area contributed by atoms with Crippen LogP contribution in [0, 0.1) is 11.7 Å². The molecular weight excluding hydrogens is 492 g/mol. The van der Waals surface area contributed by atoms with Crippen LogP contribution < -0.4 is 15.4 Å². The van der Waals surface area contributed by atoms with Gasteiger partial charge in [-0.2, -0.15) is 17.9 Å². The van der Waals surface area contributed by atoms with E-state index >= 15 is 0 Å². The van der Waals surface area contributed by atoms with Crippen LogP contribution in [0.4, 0.5) is 23.2 Å². The summed E-state index contributed by atoms with van der Waals surface area (Å²) in [4.78, 5) is 28.9. The first-order valence-electron chi connectivity index (χ1n) is 10.5. The Morgan fingerprint density at radius 2 is 1.63 bits per heavy atom. The minimum atomic E-state index is -4.84. The maximum absolute atomic E-state index is 13.1. The Labute approximate surface area is 200 Å². The fourth-order valence-electron chi connectivity index (χ4n) is 2.83. The monoisotopic (exact) mass is 518 g/mol. The Morgan fingerprint density at radius 1 is 1.03 bits per heavy atom. The van der Waals surface area contributed by atoms with Gasteiger partial charge in [-0.1, -0.05) is 13.8 Å². The van der Waals surface area contributed by atoms with Gasteiger partial charge in [0.1, 0.15) is 17.4 Å². The molecule has 2 amide bonds. The first-order chi connectivity index (χ1) is 16.0. The van der Waals surface area contributed by atoms with Crippen LogP contribution in [0.5, 0.6) is 0 Å². The lowest BCUT2D eigenvalue weighted by Crippen LogP contribution is -2.54. The number of aromatic nitrogens is 1. The van der Waals surface area contributed by atoms with Crippen molar-refractivity contribution in [3.05, 3.63) is 54.0 Å². The Bertz CT molecular complexity index is 1150. The Hall–Kier alpha value is -3.06. The molecule has 2 rings (SSSR count). The predicted molar refractivity (Wildman–Crippen MR) is 120 cm³/mol. The van der Waals surface area contributed by atoms with Gasteiger partial charge in [-0.25, -0.2) is 17.8 Å². The van der Waals surface area contributed by atoms with Crippen molar-refractivity contribution in [1.82, 2.24) is 15.0 Å². The van der Waals surface area contributed by atoms with Crippen LogP contribution in [-0.2, 0) is 14.8 Å². The maximum atomic E-state index is 13.1. The summed E-state index contributed by atoms with van der Waals surface area (Å²) in [6.07, 6.45) is -3.60. The molecule has 2 aromatic rings. The number of amides is 2.